The molecule has 3 aromatic rings. The average Bonchev–Trinajstić information content (AvgIpc) is 3.19. The van der Waals surface area contributed by atoms with Crippen molar-refractivity contribution in [2.75, 3.05) is 17.7 Å². The molecule has 0 aliphatic carbocycles. The first-order chi connectivity index (χ1) is 13.9. The maximum atomic E-state index is 13.1. The Kier molecular flexibility index (Phi) is 5.84. The second-order valence-corrected chi connectivity index (χ2v) is 6.08. The van der Waals surface area contributed by atoms with E-state index in [2.05, 4.69) is 30.9 Å². The van der Waals surface area contributed by atoms with Gasteiger partial charge in [-0.05, 0) is 30.3 Å². The molecule has 2 aromatic heterocycles. The van der Waals surface area contributed by atoms with Crippen molar-refractivity contribution in [3.05, 3.63) is 70.6 Å². The minimum absolute atomic E-state index is 0.0259. The van der Waals surface area contributed by atoms with Crippen LogP contribution in [0.1, 0.15) is 31.3 Å². The van der Waals surface area contributed by atoms with Crippen LogP contribution in [-0.2, 0) is 0 Å². The van der Waals surface area contributed by atoms with Crippen molar-refractivity contribution < 1.29 is 18.8 Å². The molecule has 4 N–H and O–H groups in total. The van der Waals surface area contributed by atoms with Crippen LogP contribution < -0.4 is 16.0 Å². The van der Waals surface area contributed by atoms with Gasteiger partial charge in [0.2, 0.25) is 0 Å². The van der Waals surface area contributed by atoms with Gasteiger partial charge in [0.05, 0.1) is 28.8 Å². The quantitative estimate of drug-likeness (QED) is 0.507. The largest absolute Gasteiger partial charge is 0.354 e. The number of anilines is 2. The molecular formula is C18H14ClFN6O3. The third kappa shape index (κ3) is 4.55. The number of pyridine rings is 1. The molecule has 3 amide bonds. The van der Waals surface area contributed by atoms with Gasteiger partial charge in [-0.2, -0.15) is 0 Å². The fourth-order valence-corrected chi connectivity index (χ4v) is 2.61. The summed E-state index contributed by atoms with van der Waals surface area (Å²) in [6, 6.07) is 6.36. The summed E-state index contributed by atoms with van der Waals surface area (Å²) in [5.74, 6) is -2.02. The van der Waals surface area contributed by atoms with Gasteiger partial charge in [0, 0.05) is 7.05 Å². The van der Waals surface area contributed by atoms with E-state index in [0.29, 0.717) is 5.69 Å². The van der Waals surface area contributed by atoms with Crippen molar-refractivity contribution in [3.8, 4) is 0 Å². The Labute approximate surface area is 168 Å². The van der Waals surface area contributed by atoms with Crippen LogP contribution in [0, 0.1) is 5.82 Å². The Morgan fingerprint density at radius 2 is 1.83 bits per heavy atom. The first-order valence-corrected chi connectivity index (χ1v) is 8.56. The lowest BCUT2D eigenvalue weighted by Gasteiger charge is -2.08. The standard InChI is InChI=1S/C18H14ClFN6O3/c1-21-17(28)14-15(24-8-23-14)18(29)25-10-3-5-13(22-7-10)26-16(27)11-4-2-9(20)6-12(11)19/h2-8H,1H3,(H,21,28)(H,23,24)(H,25,29)(H,22,26,27). The van der Waals surface area contributed by atoms with Gasteiger partial charge < -0.3 is 20.9 Å². The van der Waals surface area contributed by atoms with Crippen molar-refractivity contribution >= 4 is 40.8 Å². The van der Waals surface area contributed by atoms with Gasteiger partial charge in [0.15, 0.2) is 5.69 Å². The fraction of sp³-hybridized carbons (Fsp3) is 0.0556. The lowest BCUT2D eigenvalue weighted by atomic mass is 10.2. The van der Waals surface area contributed by atoms with Crippen LogP contribution in [0.15, 0.2) is 42.9 Å². The van der Waals surface area contributed by atoms with E-state index >= 15 is 0 Å². The molecule has 0 atom stereocenters. The normalized spacial score (nSPS) is 10.3. The van der Waals surface area contributed by atoms with Gasteiger partial charge in [0.25, 0.3) is 17.7 Å². The van der Waals surface area contributed by atoms with Crippen LogP contribution in [0.2, 0.25) is 5.02 Å². The lowest BCUT2D eigenvalue weighted by Crippen LogP contribution is -2.23. The Balaban J connectivity index is 1.67. The molecule has 0 aliphatic rings. The van der Waals surface area contributed by atoms with Gasteiger partial charge in [-0.15, -0.1) is 0 Å². The van der Waals surface area contributed by atoms with Crippen molar-refractivity contribution in [3.63, 3.8) is 0 Å². The highest BCUT2D eigenvalue weighted by Crippen LogP contribution is 2.19. The zero-order chi connectivity index (χ0) is 21.0. The molecule has 29 heavy (non-hydrogen) atoms. The maximum absolute atomic E-state index is 13.1. The van der Waals surface area contributed by atoms with Gasteiger partial charge in [-0.25, -0.2) is 14.4 Å². The van der Waals surface area contributed by atoms with E-state index in [-0.39, 0.29) is 27.8 Å². The first kappa shape index (κ1) is 20.0. The molecule has 0 radical (unpaired) electrons. The SMILES string of the molecule is CNC(=O)c1[nH]cnc1C(=O)Nc1ccc(NC(=O)c2ccc(F)cc2Cl)nc1. The lowest BCUT2D eigenvalue weighted by molar-refractivity contribution is 0.0943. The molecule has 0 spiro atoms. The number of aromatic nitrogens is 3. The first-order valence-electron chi connectivity index (χ1n) is 8.18. The van der Waals surface area contributed by atoms with E-state index in [4.69, 9.17) is 11.6 Å². The van der Waals surface area contributed by atoms with Crippen molar-refractivity contribution in [1.29, 1.82) is 0 Å². The van der Waals surface area contributed by atoms with Crippen LogP contribution in [0.25, 0.3) is 0 Å². The van der Waals surface area contributed by atoms with E-state index in [1.807, 2.05) is 0 Å². The van der Waals surface area contributed by atoms with E-state index in [1.54, 1.807) is 0 Å². The minimum Gasteiger partial charge on any atom is -0.354 e. The van der Waals surface area contributed by atoms with E-state index < -0.39 is 23.5 Å². The average molecular weight is 417 g/mol. The third-order valence-corrected chi connectivity index (χ3v) is 4.06. The highest BCUT2D eigenvalue weighted by atomic mass is 35.5. The van der Waals surface area contributed by atoms with Crippen molar-refractivity contribution in [2.24, 2.45) is 0 Å². The molecule has 0 fully saturated rings. The molecule has 9 nitrogen and oxygen atoms in total. The molecule has 0 saturated carbocycles. The van der Waals surface area contributed by atoms with Gasteiger partial charge >= 0.3 is 0 Å². The molecule has 3 rings (SSSR count). The number of benzene rings is 1. The number of nitrogens with one attached hydrogen (secondary N) is 4. The second kappa shape index (κ2) is 8.48. The maximum Gasteiger partial charge on any atom is 0.276 e. The number of carbonyl (C=O) groups excluding carboxylic acids is 3. The minimum atomic E-state index is -0.610. The van der Waals surface area contributed by atoms with Gasteiger partial charge in [-0.3, -0.25) is 14.4 Å². The predicted octanol–water partition coefficient (Wildman–Crippen LogP) is 2.46. The van der Waals surface area contributed by atoms with E-state index in [9.17, 15) is 18.8 Å². The Morgan fingerprint density at radius 1 is 1.03 bits per heavy atom. The van der Waals surface area contributed by atoms with Crippen LogP contribution >= 0.6 is 11.6 Å². The number of hydrogen-bond donors (Lipinski definition) is 4. The summed E-state index contributed by atoms with van der Waals surface area (Å²) in [7, 11) is 1.43. The summed E-state index contributed by atoms with van der Waals surface area (Å²) in [6.45, 7) is 0. The Hall–Kier alpha value is -3.79. The topological polar surface area (TPSA) is 129 Å². The van der Waals surface area contributed by atoms with Gasteiger partial charge in [-0.1, -0.05) is 11.6 Å². The third-order valence-electron chi connectivity index (χ3n) is 3.75. The fourth-order valence-electron chi connectivity index (χ4n) is 2.35. The summed E-state index contributed by atoms with van der Waals surface area (Å²) >= 11 is 5.86. The summed E-state index contributed by atoms with van der Waals surface area (Å²) < 4.78 is 13.1. The van der Waals surface area contributed by atoms with E-state index in [0.717, 1.165) is 12.1 Å². The van der Waals surface area contributed by atoms with Crippen LogP contribution in [0.5, 0.6) is 0 Å². The molecule has 11 heteroatoms. The molecule has 0 bridgehead atoms. The van der Waals surface area contributed by atoms with Crippen LogP contribution in [0.4, 0.5) is 15.9 Å². The summed E-state index contributed by atoms with van der Waals surface area (Å²) in [6.07, 6.45) is 2.54. The highest BCUT2D eigenvalue weighted by molar-refractivity contribution is 6.34. The highest BCUT2D eigenvalue weighted by Gasteiger charge is 2.19. The number of halogens is 2. The predicted molar refractivity (Wildman–Crippen MR) is 104 cm³/mol. The number of nitrogens with zero attached hydrogens (tertiary/aromatic N) is 2. The Bertz CT molecular complexity index is 1080. The number of rotatable bonds is 5. The zero-order valence-corrected chi connectivity index (χ0v) is 15.7. The molecule has 1 aromatic carbocycles. The number of hydrogen-bond acceptors (Lipinski definition) is 5. The second-order valence-electron chi connectivity index (χ2n) is 5.67. The molecular weight excluding hydrogens is 403 g/mol. The van der Waals surface area contributed by atoms with Crippen LogP contribution in [0.3, 0.4) is 0 Å². The number of carbonyl (C=O) groups is 3. The molecule has 0 saturated heterocycles. The van der Waals surface area contributed by atoms with Crippen molar-refractivity contribution in [1.82, 2.24) is 20.3 Å². The van der Waals surface area contributed by atoms with E-state index in [1.165, 1.54) is 37.8 Å². The number of imidazole rings is 1. The molecule has 2 heterocycles. The van der Waals surface area contributed by atoms with Crippen LogP contribution in [-0.4, -0.2) is 39.7 Å². The number of amides is 3. The van der Waals surface area contributed by atoms with Crippen molar-refractivity contribution in [2.45, 2.75) is 0 Å². The Morgan fingerprint density at radius 3 is 2.48 bits per heavy atom. The molecule has 148 valence electrons. The summed E-state index contributed by atoms with van der Waals surface area (Å²) in [5.41, 5.74) is 0.358. The zero-order valence-electron chi connectivity index (χ0n) is 14.9. The molecule has 0 unspecified atom stereocenters. The monoisotopic (exact) mass is 416 g/mol. The molecule has 0 aliphatic heterocycles. The summed E-state index contributed by atoms with van der Waals surface area (Å²) in [5, 5.41) is 7.44. The summed E-state index contributed by atoms with van der Waals surface area (Å²) in [4.78, 5) is 46.7. The smallest absolute Gasteiger partial charge is 0.276 e. The number of aromatic amines is 1. The van der Waals surface area contributed by atoms with Gasteiger partial charge in [0.1, 0.15) is 17.3 Å². The number of H-pyrrole nitrogens is 1.